The third-order valence-corrected chi connectivity index (χ3v) is 5.26. The molecular formula is C23H17F3N4O3. The summed E-state index contributed by atoms with van der Waals surface area (Å²) in [5, 5.41) is 7.42. The predicted molar refractivity (Wildman–Crippen MR) is 112 cm³/mol. The van der Waals surface area contributed by atoms with Gasteiger partial charge in [0.05, 0.1) is 6.54 Å². The van der Waals surface area contributed by atoms with E-state index in [9.17, 15) is 27.6 Å². The Morgan fingerprint density at radius 2 is 1.67 bits per heavy atom. The number of carbonyl (C=O) groups is 3. The smallest absolute Gasteiger partial charge is 0.349 e. The van der Waals surface area contributed by atoms with Gasteiger partial charge in [-0.05, 0) is 23.3 Å². The lowest BCUT2D eigenvalue weighted by molar-refractivity contribution is -0.141. The summed E-state index contributed by atoms with van der Waals surface area (Å²) >= 11 is 0. The highest BCUT2D eigenvalue weighted by atomic mass is 19.4. The van der Waals surface area contributed by atoms with Crippen LogP contribution in [0.2, 0.25) is 0 Å². The maximum atomic E-state index is 13.0. The summed E-state index contributed by atoms with van der Waals surface area (Å²) in [6.07, 6.45) is -3.53. The summed E-state index contributed by atoms with van der Waals surface area (Å²) < 4.78 is 38.5. The van der Waals surface area contributed by atoms with Gasteiger partial charge in [0.1, 0.15) is 5.69 Å². The molecule has 0 saturated carbocycles. The van der Waals surface area contributed by atoms with E-state index in [-0.39, 0.29) is 12.1 Å². The summed E-state index contributed by atoms with van der Waals surface area (Å²) in [6.45, 7) is -0.243. The van der Waals surface area contributed by atoms with E-state index in [2.05, 4.69) is 20.9 Å². The van der Waals surface area contributed by atoms with E-state index in [0.29, 0.717) is 16.7 Å². The minimum absolute atomic E-state index is 0.173. The highest BCUT2D eigenvalue weighted by molar-refractivity contribution is 6.08. The zero-order valence-corrected chi connectivity index (χ0v) is 16.9. The highest BCUT2D eigenvalue weighted by Gasteiger charge is 2.48. The molecule has 2 aromatic carbocycles. The van der Waals surface area contributed by atoms with Crippen LogP contribution in [0.5, 0.6) is 0 Å². The number of alkyl halides is 3. The lowest BCUT2D eigenvalue weighted by Crippen LogP contribution is -2.52. The molecule has 0 radical (unpaired) electrons. The molecule has 10 heteroatoms. The molecule has 0 unspecified atom stereocenters. The number of pyridine rings is 1. The fourth-order valence-electron chi connectivity index (χ4n) is 3.61. The average molecular weight is 454 g/mol. The van der Waals surface area contributed by atoms with Crippen LogP contribution in [0.15, 0.2) is 72.9 Å². The van der Waals surface area contributed by atoms with Gasteiger partial charge in [0.2, 0.25) is 0 Å². The Kier molecular flexibility index (Phi) is 5.59. The molecule has 4 amide bonds. The van der Waals surface area contributed by atoms with Crippen LogP contribution < -0.4 is 16.0 Å². The van der Waals surface area contributed by atoms with Gasteiger partial charge in [0, 0.05) is 17.3 Å². The highest BCUT2D eigenvalue weighted by Crippen LogP contribution is 2.30. The molecule has 0 bridgehead atoms. The molecule has 3 aromatic rings. The van der Waals surface area contributed by atoms with Crippen molar-refractivity contribution in [1.29, 1.82) is 0 Å². The number of halogens is 3. The van der Waals surface area contributed by atoms with Gasteiger partial charge in [-0.2, -0.15) is 13.2 Å². The zero-order chi connectivity index (χ0) is 23.6. The second-order valence-corrected chi connectivity index (χ2v) is 7.34. The van der Waals surface area contributed by atoms with Crippen molar-refractivity contribution in [1.82, 2.24) is 20.9 Å². The fraction of sp³-hybridized carbons (Fsp3) is 0.130. The molecule has 0 aliphatic carbocycles. The van der Waals surface area contributed by atoms with Crippen molar-refractivity contribution >= 4 is 17.8 Å². The maximum absolute atomic E-state index is 13.0. The number of urea groups is 1. The maximum Gasteiger partial charge on any atom is 0.433 e. The lowest BCUT2D eigenvalue weighted by atomic mass is 9.89. The van der Waals surface area contributed by atoms with Crippen molar-refractivity contribution in [2.75, 3.05) is 6.54 Å². The number of aromatic nitrogens is 1. The quantitative estimate of drug-likeness (QED) is 0.516. The average Bonchev–Trinajstić information content (AvgIpc) is 3.11. The first-order valence-corrected chi connectivity index (χ1v) is 9.81. The van der Waals surface area contributed by atoms with Crippen LogP contribution in [0.1, 0.15) is 21.6 Å². The first-order chi connectivity index (χ1) is 15.7. The van der Waals surface area contributed by atoms with Gasteiger partial charge in [-0.1, -0.05) is 54.6 Å². The summed E-state index contributed by atoms with van der Waals surface area (Å²) in [4.78, 5) is 40.9. The number of rotatable bonds is 5. The van der Waals surface area contributed by atoms with Crippen LogP contribution in [-0.4, -0.2) is 29.4 Å². The van der Waals surface area contributed by atoms with Gasteiger partial charge in [-0.15, -0.1) is 0 Å². The number of nitrogens with one attached hydrogen (secondary N) is 3. The van der Waals surface area contributed by atoms with Crippen LogP contribution in [0, 0.1) is 0 Å². The Bertz CT molecular complexity index is 1210. The van der Waals surface area contributed by atoms with E-state index >= 15 is 0 Å². The molecule has 1 aliphatic heterocycles. The normalized spacial score (nSPS) is 17.9. The van der Waals surface area contributed by atoms with Crippen molar-refractivity contribution in [3.05, 3.63) is 89.7 Å². The van der Waals surface area contributed by atoms with E-state index in [1.807, 2.05) is 0 Å². The van der Waals surface area contributed by atoms with Gasteiger partial charge in [0.15, 0.2) is 5.54 Å². The van der Waals surface area contributed by atoms with Crippen LogP contribution in [0.25, 0.3) is 11.1 Å². The Morgan fingerprint density at radius 3 is 2.27 bits per heavy atom. The SMILES string of the molecule is O=C1NC(=O)[C@](CNC(=O)c2ccccc2-c2ccc(C(F)(F)F)nc2)(c2ccccc2)N1. The third-order valence-electron chi connectivity index (χ3n) is 5.26. The third kappa shape index (κ3) is 4.27. The Hall–Kier alpha value is -4.21. The molecule has 33 heavy (non-hydrogen) atoms. The monoisotopic (exact) mass is 454 g/mol. The van der Waals surface area contributed by atoms with Crippen molar-refractivity contribution in [2.24, 2.45) is 0 Å². The molecule has 168 valence electrons. The van der Waals surface area contributed by atoms with E-state index in [4.69, 9.17) is 0 Å². The molecule has 7 nitrogen and oxygen atoms in total. The van der Waals surface area contributed by atoms with Crippen molar-refractivity contribution < 1.29 is 27.6 Å². The molecular weight excluding hydrogens is 437 g/mol. The molecule has 0 spiro atoms. The topological polar surface area (TPSA) is 100 Å². The number of imide groups is 1. The first kappa shape index (κ1) is 22.0. The van der Waals surface area contributed by atoms with Crippen molar-refractivity contribution in [2.45, 2.75) is 11.7 Å². The summed E-state index contributed by atoms with van der Waals surface area (Å²) in [5.41, 5.74) is -1.20. The molecule has 1 atom stereocenters. The minimum Gasteiger partial charge on any atom is -0.349 e. The summed E-state index contributed by atoms with van der Waals surface area (Å²) in [7, 11) is 0. The number of amides is 4. The van der Waals surface area contributed by atoms with Crippen LogP contribution in [0.3, 0.4) is 0 Å². The van der Waals surface area contributed by atoms with Crippen molar-refractivity contribution in [3.63, 3.8) is 0 Å². The molecule has 1 fully saturated rings. The number of hydrogen-bond acceptors (Lipinski definition) is 4. The van der Waals surface area contributed by atoms with Gasteiger partial charge in [-0.3, -0.25) is 19.9 Å². The van der Waals surface area contributed by atoms with E-state index in [0.717, 1.165) is 12.3 Å². The van der Waals surface area contributed by atoms with Crippen LogP contribution in [-0.2, 0) is 16.5 Å². The van der Waals surface area contributed by atoms with Gasteiger partial charge in [0.25, 0.3) is 11.8 Å². The molecule has 1 saturated heterocycles. The molecule has 1 aromatic heterocycles. The zero-order valence-electron chi connectivity index (χ0n) is 16.9. The van der Waals surface area contributed by atoms with Crippen LogP contribution in [0.4, 0.5) is 18.0 Å². The van der Waals surface area contributed by atoms with E-state index in [1.54, 1.807) is 48.5 Å². The summed E-state index contributed by atoms with van der Waals surface area (Å²) in [5.74, 6) is -1.19. The van der Waals surface area contributed by atoms with Gasteiger partial charge >= 0.3 is 12.2 Å². The second kappa shape index (κ2) is 8.38. The standard InChI is InChI=1S/C23H17F3N4O3/c24-23(25,26)18-11-10-14(12-27-18)16-8-4-5-9-17(16)19(31)28-13-22(15-6-2-1-3-7-15)20(32)29-21(33)30-22/h1-12H,13H2,(H,28,31)(H2,29,30,32,33)/t22-/m0/s1. The number of nitrogens with zero attached hydrogens (tertiary/aromatic N) is 1. The largest absolute Gasteiger partial charge is 0.433 e. The van der Waals surface area contributed by atoms with Gasteiger partial charge < -0.3 is 10.6 Å². The van der Waals surface area contributed by atoms with E-state index < -0.39 is 35.3 Å². The molecule has 3 N–H and O–H groups in total. The second-order valence-electron chi connectivity index (χ2n) is 7.34. The molecule has 1 aliphatic rings. The predicted octanol–water partition coefficient (Wildman–Crippen LogP) is 3.23. The van der Waals surface area contributed by atoms with Crippen LogP contribution >= 0.6 is 0 Å². The number of hydrogen-bond donors (Lipinski definition) is 3. The number of benzene rings is 2. The van der Waals surface area contributed by atoms with Gasteiger partial charge in [-0.25, -0.2) is 4.79 Å². The lowest BCUT2D eigenvalue weighted by Gasteiger charge is -2.27. The van der Waals surface area contributed by atoms with E-state index in [1.165, 1.54) is 12.1 Å². The first-order valence-electron chi connectivity index (χ1n) is 9.81. The Balaban J connectivity index is 1.61. The Labute approximate surface area is 186 Å². The van der Waals surface area contributed by atoms with Crippen molar-refractivity contribution in [3.8, 4) is 11.1 Å². The molecule has 2 heterocycles. The fourth-order valence-corrected chi connectivity index (χ4v) is 3.61. The Morgan fingerprint density at radius 1 is 0.970 bits per heavy atom. The summed E-state index contributed by atoms with van der Waals surface area (Å²) in [6, 6.07) is 16.2. The number of carbonyl (C=O) groups excluding carboxylic acids is 3. The minimum atomic E-state index is -4.58. The molecule has 4 rings (SSSR count).